The third kappa shape index (κ3) is 3.30. The standard InChI is InChI=1S/C15H19N5/c1-4-13(10-16-7-1)11-17-14-5-3-9-20(12-14)15-6-2-8-18-19-15/h1-2,4,6-8,10,14,17H,3,5,9,11-12H2/t14-/m0/s1. The Bertz CT molecular complexity index is 516. The van der Waals surface area contributed by atoms with Gasteiger partial charge in [-0.2, -0.15) is 5.10 Å². The largest absolute Gasteiger partial charge is 0.354 e. The first kappa shape index (κ1) is 13.0. The second-order valence-electron chi connectivity index (χ2n) is 5.11. The van der Waals surface area contributed by atoms with E-state index in [1.54, 1.807) is 12.4 Å². The van der Waals surface area contributed by atoms with Gasteiger partial charge in [0.25, 0.3) is 0 Å². The average molecular weight is 269 g/mol. The average Bonchev–Trinajstić information content (AvgIpc) is 2.55. The summed E-state index contributed by atoms with van der Waals surface area (Å²) < 4.78 is 0. The second kappa shape index (κ2) is 6.43. The summed E-state index contributed by atoms with van der Waals surface area (Å²) in [6.07, 6.45) is 7.82. The molecule has 0 aromatic carbocycles. The normalized spacial score (nSPS) is 19.0. The van der Waals surface area contributed by atoms with Crippen LogP contribution in [0.2, 0.25) is 0 Å². The molecule has 2 aromatic heterocycles. The van der Waals surface area contributed by atoms with Gasteiger partial charge in [0.1, 0.15) is 0 Å². The van der Waals surface area contributed by atoms with Crippen LogP contribution in [0.3, 0.4) is 0 Å². The number of hydrogen-bond acceptors (Lipinski definition) is 5. The van der Waals surface area contributed by atoms with Crippen LogP contribution in [0.4, 0.5) is 5.82 Å². The van der Waals surface area contributed by atoms with Gasteiger partial charge in [-0.25, -0.2) is 0 Å². The summed E-state index contributed by atoms with van der Waals surface area (Å²) in [5.74, 6) is 0.973. The van der Waals surface area contributed by atoms with E-state index < -0.39 is 0 Å². The Kier molecular flexibility index (Phi) is 4.18. The number of anilines is 1. The third-order valence-electron chi connectivity index (χ3n) is 3.62. The van der Waals surface area contributed by atoms with E-state index >= 15 is 0 Å². The van der Waals surface area contributed by atoms with Crippen LogP contribution in [0.1, 0.15) is 18.4 Å². The lowest BCUT2D eigenvalue weighted by atomic mass is 10.1. The number of nitrogens with zero attached hydrogens (tertiary/aromatic N) is 4. The number of hydrogen-bond donors (Lipinski definition) is 1. The van der Waals surface area contributed by atoms with Crippen molar-refractivity contribution in [1.82, 2.24) is 20.5 Å². The lowest BCUT2D eigenvalue weighted by Crippen LogP contribution is -2.45. The maximum Gasteiger partial charge on any atom is 0.151 e. The summed E-state index contributed by atoms with van der Waals surface area (Å²) in [4.78, 5) is 6.45. The van der Waals surface area contributed by atoms with Crippen molar-refractivity contribution in [1.29, 1.82) is 0 Å². The summed E-state index contributed by atoms with van der Waals surface area (Å²) in [5.41, 5.74) is 1.23. The Morgan fingerprint density at radius 2 is 2.20 bits per heavy atom. The maximum atomic E-state index is 4.19. The van der Waals surface area contributed by atoms with Gasteiger partial charge < -0.3 is 10.2 Å². The maximum absolute atomic E-state index is 4.19. The zero-order chi connectivity index (χ0) is 13.6. The van der Waals surface area contributed by atoms with Crippen LogP contribution >= 0.6 is 0 Å². The van der Waals surface area contributed by atoms with Crippen molar-refractivity contribution in [2.24, 2.45) is 0 Å². The van der Waals surface area contributed by atoms with Crippen molar-refractivity contribution >= 4 is 5.82 Å². The molecular formula is C15H19N5. The first-order chi connectivity index (χ1) is 9.92. The first-order valence-corrected chi connectivity index (χ1v) is 7.07. The predicted octanol–water partition coefficient (Wildman–Crippen LogP) is 1.63. The van der Waals surface area contributed by atoms with Crippen molar-refractivity contribution < 1.29 is 0 Å². The minimum Gasteiger partial charge on any atom is -0.354 e. The van der Waals surface area contributed by atoms with E-state index in [1.165, 1.54) is 18.4 Å². The van der Waals surface area contributed by atoms with E-state index in [0.29, 0.717) is 6.04 Å². The first-order valence-electron chi connectivity index (χ1n) is 7.07. The molecule has 0 bridgehead atoms. The Hall–Kier alpha value is -2.01. The summed E-state index contributed by atoms with van der Waals surface area (Å²) in [6, 6.07) is 8.53. The van der Waals surface area contributed by atoms with Crippen molar-refractivity contribution in [2.75, 3.05) is 18.0 Å². The molecule has 0 saturated carbocycles. The number of nitrogens with one attached hydrogen (secondary N) is 1. The van der Waals surface area contributed by atoms with Gasteiger partial charge >= 0.3 is 0 Å². The summed E-state index contributed by atoms with van der Waals surface area (Å²) in [5, 5.41) is 11.8. The lowest BCUT2D eigenvalue weighted by Gasteiger charge is -2.33. The lowest BCUT2D eigenvalue weighted by molar-refractivity contribution is 0.419. The molecule has 1 atom stereocenters. The highest BCUT2D eigenvalue weighted by molar-refractivity contribution is 5.37. The minimum absolute atomic E-state index is 0.492. The molecule has 0 spiro atoms. The van der Waals surface area contributed by atoms with Crippen LogP contribution < -0.4 is 10.2 Å². The topological polar surface area (TPSA) is 53.9 Å². The molecule has 0 amide bonds. The summed E-state index contributed by atoms with van der Waals surface area (Å²) in [6.45, 7) is 2.91. The highest BCUT2D eigenvalue weighted by Crippen LogP contribution is 2.16. The highest BCUT2D eigenvalue weighted by Gasteiger charge is 2.20. The van der Waals surface area contributed by atoms with Gasteiger partial charge in [-0.05, 0) is 36.6 Å². The Morgan fingerprint density at radius 3 is 3.00 bits per heavy atom. The van der Waals surface area contributed by atoms with Crippen LogP contribution in [0.5, 0.6) is 0 Å². The van der Waals surface area contributed by atoms with Gasteiger partial charge in [0.2, 0.25) is 0 Å². The highest BCUT2D eigenvalue weighted by atomic mass is 15.3. The van der Waals surface area contributed by atoms with Gasteiger partial charge in [0.15, 0.2) is 5.82 Å². The predicted molar refractivity (Wildman–Crippen MR) is 78.3 cm³/mol. The van der Waals surface area contributed by atoms with Gasteiger partial charge in [0.05, 0.1) is 0 Å². The molecule has 1 N–H and O–H groups in total. The molecule has 1 aliphatic rings. The molecule has 5 heteroatoms. The summed E-state index contributed by atoms with van der Waals surface area (Å²) in [7, 11) is 0. The molecule has 0 unspecified atom stereocenters. The fourth-order valence-corrected chi connectivity index (χ4v) is 2.58. The molecular weight excluding hydrogens is 250 g/mol. The number of pyridine rings is 1. The molecule has 20 heavy (non-hydrogen) atoms. The zero-order valence-electron chi connectivity index (χ0n) is 11.4. The van der Waals surface area contributed by atoms with Crippen molar-refractivity contribution in [3.63, 3.8) is 0 Å². The van der Waals surface area contributed by atoms with E-state index in [-0.39, 0.29) is 0 Å². The third-order valence-corrected chi connectivity index (χ3v) is 3.62. The van der Waals surface area contributed by atoms with E-state index in [2.05, 4.69) is 31.5 Å². The van der Waals surface area contributed by atoms with Gasteiger partial charge in [-0.1, -0.05) is 6.07 Å². The molecule has 3 rings (SSSR count). The van der Waals surface area contributed by atoms with Crippen LogP contribution in [-0.4, -0.2) is 34.3 Å². The Morgan fingerprint density at radius 1 is 1.25 bits per heavy atom. The molecule has 1 saturated heterocycles. The van der Waals surface area contributed by atoms with Crippen LogP contribution in [0, 0.1) is 0 Å². The molecule has 1 aliphatic heterocycles. The van der Waals surface area contributed by atoms with Gasteiger partial charge in [0, 0.05) is 44.3 Å². The monoisotopic (exact) mass is 269 g/mol. The molecule has 5 nitrogen and oxygen atoms in total. The van der Waals surface area contributed by atoms with Crippen molar-refractivity contribution in [3.05, 3.63) is 48.4 Å². The van der Waals surface area contributed by atoms with E-state index in [4.69, 9.17) is 0 Å². The summed E-state index contributed by atoms with van der Waals surface area (Å²) >= 11 is 0. The minimum atomic E-state index is 0.492. The fraction of sp³-hybridized carbons (Fsp3) is 0.400. The number of piperidine rings is 1. The molecule has 0 aliphatic carbocycles. The van der Waals surface area contributed by atoms with Crippen molar-refractivity contribution in [3.8, 4) is 0 Å². The van der Waals surface area contributed by atoms with E-state index in [9.17, 15) is 0 Å². The van der Waals surface area contributed by atoms with Gasteiger partial charge in [-0.15, -0.1) is 5.10 Å². The smallest absolute Gasteiger partial charge is 0.151 e. The van der Waals surface area contributed by atoms with Crippen LogP contribution in [0.15, 0.2) is 42.9 Å². The Labute approximate surface area is 119 Å². The number of rotatable bonds is 4. The SMILES string of the molecule is c1cncc(CN[C@H]2CCCN(c3cccnn3)C2)c1. The van der Waals surface area contributed by atoms with Crippen LogP contribution in [0.25, 0.3) is 0 Å². The van der Waals surface area contributed by atoms with Gasteiger partial charge in [-0.3, -0.25) is 4.98 Å². The van der Waals surface area contributed by atoms with E-state index in [1.807, 2.05) is 24.4 Å². The quantitative estimate of drug-likeness (QED) is 0.914. The fourth-order valence-electron chi connectivity index (χ4n) is 2.58. The molecule has 2 aromatic rings. The van der Waals surface area contributed by atoms with E-state index in [0.717, 1.165) is 25.5 Å². The number of aromatic nitrogens is 3. The molecule has 3 heterocycles. The van der Waals surface area contributed by atoms with Crippen molar-refractivity contribution in [2.45, 2.75) is 25.4 Å². The molecule has 104 valence electrons. The zero-order valence-corrected chi connectivity index (χ0v) is 11.4. The Balaban J connectivity index is 1.56. The van der Waals surface area contributed by atoms with Crippen LogP contribution in [-0.2, 0) is 6.54 Å². The second-order valence-corrected chi connectivity index (χ2v) is 5.11. The molecule has 0 radical (unpaired) electrons. The molecule has 1 fully saturated rings.